The van der Waals surface area contributed by atoms with E-state index in [1.165, 1.54) is 12.1 Å². The van der Waals surface area contributed by atoms with Gasteiger partial charge in [-0.25, -0.2) is 8.42 Å². The Morgan fingerprint density at radius 1 is 1.21 bits per heavy atom. The van der Waals surface area contributed by atoms with Gasteiger partial charge in [-0.3, -0.25) is 9.69 Å². The lowest BCUT2D eigenvalue weighted by Gasteiger charge is -2.26. The van der Waals surface area contributed by atoms with Crippen molar-refractivity contribution < 1.29 is 13.2 Å². The number of hydrogen-bond acceptors (Lipinski definition) is 5. The number of sulfone groups is 1. The van der Waals surface area contributed by atoms with E-state index >= 15 is 0 Å². The highest BCUT2D eigenvalue weighted by Gasteiger charge is 2.15. The molecule has 6 heteroatoms. The Morgan fingerprint density at radius 2 is 1.79 bits per heavy atom. The van der Waals surface area contributed by atoms with Crippen molar-refractivity contribution >= 4 is 15.6 Å². The molecule has 19 heavy (non-hydrogen) atoms. The zero-order valence-electron chi connectivity index (χ0n) is 10.9. The van der Waals surface area contributed by atoms with Crippen molar-refractivity contribution in [2.45, 2.75) is 4.90 Å². The first-order chi connectivity index (χ1) is 8.97. The Hall–Kier alpha value is -1.24. The van der Waals surface area contributed by atoms with E-state index in [1.54, 1.807) is 12.1 Å². The second-order valence-electron chi connectivity index (χ2n) is 4.75. The molecule has 0 bridgehead atoms. The lowest BCUT2D eigenvalue weighted by atomic mass is 10.1. The molecule has 0 radical (unpaired) electrons. The van der Waals surface area contributed by atoms with Gasteiger partial charge in [-0.2, -0.15) is 0 Å². The molecule has 0 unspecified atom stereocenters. The minimum Gasteiger partial charge on any atom is -0.314 e. The van der Waals surface area contributed by atoms with Crippen molar-refractivity contribution in [3.63, 3.8) is 0 Å². The molecule has 1 aliphatic heterocycles. The number of carbonyl (C=O) groups excluding carboxylic acids is 1. The van der Waals surface area contributed by atoms with Crippen molar-refractivity contribution in [3.05, 3.63) is 29.8 Å². The van der Waals surface area contributed by atoms with Crippen LogP contribution in [0.3, 0.4) is 0 Å². The summed E-state index contributed by atoms with van der Waals surface area (Å²) in [6.45, 7) is 3.93. The van der Waals surface area contributed by atoms with Crippen molar-refractivity contribution in [3.8, 4) is 0 Å². The molecule has 1 aromatic carbocycles. The molecule has 0 atom stereocenters. The van der Waals surface area contributed by atoms with Crippen LogP contribution in [-0.2, 0) is 9.84 Å². The van der Waals surface area contributed by atoms with E-state index in [0.717, 1.165) is 32.4 Å². The van der Waals surface area contributed by atoms with Crippen LogP contribution in [0.2, 0.25) is 0 Å². The van der Waals surface area contributed by atoms with Crippen molar-refractivity contribution in [2.75, 3.05) is 39.0 Å². The SMILES string of the molecule is CS(=O)(=O)c1ccc(C(=O)CN2CCNCC2)cc1. The number of benzene rings is 1. The molecule has 5 nitrogen and oxygen atoms in total. The number of hydrogen-bond donors (Lipinski definition) is 1. The molecule has 0 spiro atoms. The molecule has 1 fully saturated rings. The molecular weight excluding hydrogens is 264 g/mol. The molecule has 1 aromatic rings. The fraction of sp³-hybridized carbons (Fsp3) is 0.462. The molecule has 0 aromatic heterocycles. The van der Waals surface area contributed by atoms with Gasteiger partial charge in [0.25, 0.3) is 0 Å². The number of rotatable bonds is 4. The number of Topliss-reactive ketones (excluding diaryl/α,β-unsaturated/α-hetero) is 1. The third-order valence-electron chi connectivity index (χ3n) is 3.18. The predicted octanol–water partition coefficient (Wildman–Crippen LogP) is 0.178. The van der Waals surface area contributed by atoms with Gasteiger partial charge in [0.05, 0.1) is 11.4 Å². The van der Waals surface area contributed by atoms with E-state index in [4.69, 9.17) is 0 Å². The summed E-state index contributed by atoms with van der Waals surface area (Å²) < 4.78 is 22.7. The Morgan fingerprint density at radius 3 is 2.32 bits per heavy atom. The summed E-state index contributed by atoms with van der Waals surface area (Å²) in [5.74, 6) is 0.0296. The number of nitrogens with zero attached hydrogens (tertiary/aromatic N) is 1. The fourth-order valence-electron chi connectivity index (χ4n) is 2.05. The summed E-state index contributed by atoms with van der Waals surface area (Å²) in [5.41, 5.74) is 0.561. The highest BCUT2D eigenvalue weighted by atomic mass is 32.2. The number of piperazine rings is 1. The van der Waals surface area contributed by atoms with Gasteiger partial charge in [0, 0.05) is 38.0 Å². The third kappa shape index (κ3) is 3.86. The molecule has 2 rings (SSSR count). The van der Waals surface area contributed by atoms with Gasteiger partial charge in [0.15, 0.2) is 15.6 Å². The van der Waals surface area contributed by atoms with Gasteiger partial charge in [0.1, 0.15) is 0 Å². The first kappa shape index (κ1) is 14.2. The summed E-state index contributed by atoms with van der Waals surface area (Å²) in [6.07, 6.45) is 1.16. The lowest BCUT2D eigenvalue weighted by Crippen LogP contribution is -2.45. The molecule has 1 heterocycles. The summed E-state index contributed by atoms with van der Waals surface area (Å²) in [4.78, 5) is 14.4. The lowest BCUT2D eigenvalue weighted by molar-refractivity contribution is 0.0921. The van der Waals surface area contributed by atoms with E-state index in [-0.39, 0.29) is 10.7 Å². The first-order valence-electron chi connectivity index (χ1n) is 6.23. The molecule has 104 valence electrons. The maximum Gasteiger partial charge on any atom is 0.176 e. The van der Waals surface area contributed by atoms with Crippen LogP contribution in [0.5, 0.6) is 0 Å². The van der Waals surface area contributed by atoms with Gasteiger partial charge in [-0.05, 0) is 12.1 Å². The average molecular weight is 282 g/mol. The maximum atomic E-state index is 12.1. The average Bonchev–Trinajstić information content (AvgIpc) is 2.39. The summed E-state index contributed by atoms with van der Waals surface area (Å²) >= 11 is 0. The normalized spacial score (nSPS) is 17.3. The number of carbonyl (C=O) groups is 1. The molecule has 1 N–H and O–H groups in total. The molecule has 0 saturated carbocycles. The quantitative estimate of drug-likeness (QED) is 0.798. The minimum atomic E-state index is -3.20. The Balaban J connectivity index is 2.03. The van der Waals surface area contributed by atoms with Gasteiger partial charge >= 0.3 is 0 Å². The summed E-state index contributed by atoms with van der Waals surface area (Å²) in [5, 5.41) is 3.23. The molecule has 0 aliphatic carbocycles. The Labute approximate surface area is 113 Å². The summed E-state index contributed by atoms with van der Waals surface area (Å²) in [6, 6.07) is 6.14. The van der Waals surface area contributed by atoms with Crippen LogP contribution in [0, 0.1) is 0 Å². The van der Waals surface area contributed by atoms with Crippen LogP contribution < -0.4 is 5.32 Å². The van der Waals surface area contributed by atoms with E-state index in [2.05, 4.69) is 10.2 Å². The van der Waals surface area contributed by atoms with E-state index in [9.17, 15) is 13.2 Å². The van der Waals surface area contributed by atoms with Crippen molar-refractivity contribution in [2.24, 2.45) is 0 Å². The fourth-order valence-corrected chi connectivity index (χ4v) is 2.68. The first-order valence-corrected chi connectivity index (χ1v) is 8.12. The van der Waals surface area contributed by atoms with Crippen LogP contribution >= 0.6 is 0 Å². The second-order valence-corrected chi connectivity index (χ2v) is 6.76. The topological polar surface area (TPSA) is 66.5 Å². The zero-order chi connectivity index (χ0) is 13.9. The highest BCUT2D eigenvalue weighted by molar-refractivity contribution is 7.90. The van der Waals surface area contributed by atoms with Crippen LogP contribution in [0.1, 0.15) is 10.4 Å². The van der Waals surface area contributed by atoms with E-state index < -0.39 is 9.84 Å². The van der Waals surface area contributed by atoms with E-state index in [0.29, 0.717) is 12.1 Å². The number of ketones is 1. The largest absolute Gasteiger partial charge is 0.314 e. The van der Waals surface area contributed by atoms with Crippen molar-refractivity contribution in [1.82, 2.24) is 10.2 Å². The molecular formula is C13H18N2O3S. The molecule has 0 amide bonds. The summed E-state index contributed by atoms with van der Waals surface area (Å²) in [7, 11) is -3.20. The Kier molecular flexibility index (Phi) is 4.34. The second kappa shape index (κ2) is 5.81. The highest BCUT2D eigenvalue weighted by Crippen LogP contribution is 2.11. The zero-order valence-corrected chi connectivity index (χ0v) is 11.7. The van der Waals surface area contributed by atoms with E-state index in [1.807, 2.05) is 0 Å². The van der Waals surface area contributed by atoms with Gasteiger partial charge in [0.2, 0.25) is 0 Å². The van der Waals surface area contributed by atoms with Crippen LogP contribution in [0.15, 0.2) is 29.2 Å². The number of nitrogens with one attached hydrogen (secondary N) is 1. The third-order valence-corrected chi connectivity index (χ3v) is 4.31. The molecule has 1 aliphatic rings. The van der Waals surface area contributed by atoms with Gasteiger partial charge in [-0.15, -0.1) is 0 Å². The van der Waals surface area contributed by atoms with Crippen LogP contribution in [0.4, 0.5) is 0 Å². The molecule has 1 saturated heterocycles. The predicted molar refractivity (Wildman–Crippen MR) is 73.2 cm³/mol. The van der Waals surface area contributed by atoms with Gasteiger partial charge in [-0.1, -0.05) is 12.1 Å². The smallest absolute Gasteiger partial charge is 0.176 e. The Bertz CT molecular complexity index is 546. The van der Waals surface area contributed by atoms with Crippen molar-refractivity contribution in [1.29, 1.82) is 0 Å². The monoisotopic (exact) mass is 282 g/mol. The maximum absolute atomic E-state index is 12.1. The van der Waals surface area contributed by atoms with Crippen LogP contribution in [-0.4, -0.2) is 58.1 Å². The minimum absolute atomic E-state index is 0.0296. The van der Waals surface area contributed by atoms with Gasteiger partial charge < -0.3 is 5.32 Å². The standard InChI is InChI=1S/C13H18N2O3S/c1-19(17,18)12-4-2-11(3-5-12)13(16)10-15-8-6-14-7-9-15/h2-5,14H,6-10H2,1H3. The van der Waals surface area contributed by atoms with Crippen LogP contribution in [0.25, 0.3) is 0 Å².